The second-order valence-electron chi connectivity index (χ2n) is 5.39. The number of nitrogens with zero attached hydrogens (tertiary/aromatic N) is 1. The largest absolute Gasteiger partial charge is 0.324 e. The molecule has 0 unspecified atom stereocenters. The zero-order valence-electron chi connectivity index (χ0n) is 13.7. The molecule has 0 aliphatic rings. The van der Waals surface area contributed by atoms with Crippen LogP contribution in [0.15, 0.2) is 42.5 Å². The molecule has 7 heteroatoms. The van der Waals surface area contributed by atoms with Crippen LogP contribution in [0.25, 0.3) is 0 Å². The van der Waals surface area contributed by atoms with E-state index in [2.05, 4.69) is 5.32 Å². The topological polar surface area (TPSA) is 66.5 Å². The van der Waals surface area contributed by atoms with Crippen molar-refractivity contribution < 1.29 is 18.8 Å². The van der Waals surface area contributed by atoms with Gasteiger partial charge in [0.15, 0.2) is 5.78 Å². The molecule has 2 aromatic carbocycles. The summed E-state index contributed by atoms with van der Waals surface area (Å²) in [7, 11) is 0. The second kappa shape index (κ2) is 7.90. The summed E-state index contributed by atoms with van der Waals surface area (Å²) >= 11 is 5.67. The third kappa shape index (κ3) is 4.87. The molecule has 1 N–H and O–H groups in total. The van der Waals surface area contributed by atoms with Crippen LogP contribution in [0.3, 0.4) is 0 Å². The van der Waals surface area contributed by atoms with Crippen LogP contribution < -0.4 is 10.2 Å². The molecule has 2 amide bonds. The van der Waals surface area contributed by atoms with Crippen molar-refractivity contribution in [3.63, 3.8) is 0 Å². The first-order chi connectivity index (χ1) is 11.8. The van der Waals surface area contributed by atoms with E-state index in [1.165, 1.54) is 30.9 Å². The summed E-state index contributed by atoms with van der Waals surface area (Å²) in [4.78, 5) is 36.8. The van der Waals surface area contributed by atoms with E-state index in [0.717, 1.165) is 6.07 Å². The first-order valence-electron chi connectivity index (χ1n) is 7.42. The number of nitrogens with one attached hydrogen (secondary N) is 1. The molecular formula is C18H16ClFN2O3. The number of benzene rings is 2. The Hall–Kier alpha value is -2.73. The molecule has 0 fully saturated rings. The van der Waals surface area contributed by atoms with Gasteiger partial charge in [-0.25, -0.2) is 4.39 Å². The van der Waals surface area contributed by atoms with Crippen molar-refractivity contribution in [3.8, 4) is 0 Å². The number of ketones is 1. The van der Waals surface area contributed by atoms with E-state index in [1.807, 2.05) is 0 Å². The van der Waals surface area contributed by atoms with Gasteiger partial charge in [-0.15, -0.1) is 0 Å². The van der Waals surface area contributed by atoms with Gasteiger partial charge in [0.2, 0.25) is 11.8 Å². The van der Waals surface area contributed by atoms with E-state index in [0.29, 0.717) is 16.9 Å². The molecule has 2 rings (SSSR count). The minimum atomic E-state index is -0.592. The van der Waals surface area contributed by atoms with E-state index < -0.39 is 11.7 Å². The molecule has 0 bridgehead atoms. The van der Waals surface area contributed by atoms with Crippen molar-refractivity contribution in [1.82, 2.24) is 0 Å². The van der Waals surface area contributed by atoms with Gasteiger partial charge in [-0.05, 0) is 37.3 Å². The van der Waals surface area contributed by atoms with Crippen molar-refractivity contribution in [2.75, 3.05) is 16.8 Å². The van der Waals surface area contributed by atoms with Gasteiger partial charge in [0, 0.05) is 23.9 Å². The van der Waals surface area contributed by atoms with Crippen LogP contribution in [-0.4, -0.2) is 24.1 Å². The lowest BCUT2D eigenvalue weighted by atomic mass is 10.1. The maximum Gasteiger partial charge on any atom is 0.244 e. The first kappa shape index (κ1) is 18.6. The fourth-order valence-corrected chi connectivity index (χ4v) is 2.38. The Labute approximate surface area is 149 Å². The highest BCUT2D eigenvalue weighted by atomic mass is 35.5. The van der Waals surface area contributed by atoms with Crippen molar-refractivity contribution in [2.24, 2.45) is 0 Å². The number of carbonyl (C=O) groups excluding carboxylic acids is 3. The zero-order chi connectivity index (χ0) is 18.6. The standard InChI is InChI=1S/C18H16ClFN2O3/c1-11(23)13-4-3-5-15(8-13)22(12(2)24)10-18(25)21-14-6-7-17(20)16(19)9-14/h3-9H,10H2,1-2H3,(H,21,25). The third-order valence-electron chi connectivity index (χ3n) is 3.45. The van der Waals surface area contributed by atoms with Crippen LogP contribution in [0.5, 0.6) is 0 Å². The number of rotatable bonds is 5. The lowest BCUT2D eigenvalue weighted by Crippen LogP contribution is -2.36. The van der Waals surface area contributed by atoms with E-state index in [9.17, 15) is 18.8 Å². The Morgan fingerprint density at radius 3 is 2.44 bits per heavy atom. The fraction of sp³-hybridized carbons (Fsp3) is 0.167. The molecule has 0 saturated heterocycles. The monoisotopic (exact) mass is 362 g/mol. The van der Waals surface area contributed by atoms with Crippen molar-refractivity contribution in [3.05, 3.63) is 58.9 Å². The summed E-state index contributed by atoms with van der Waals surface area (Å²) in [6.45, 7) is 2.48. The summed E-state index contributed by atoms with van der Waals surface area (Å²) in [5.41, 5.74) is 1.19. The SMILES string of the molecule is CC(=O)c1cccc(N(CC(=O)Nc2ccc(F)c(Cl)c2)C(C)=O)c1. The maximum atomic E-state index is 13.2. The van der Waals surface area contributed by atoms with Crippen LogP contribution >= 0.6 is 11.6 Å². The summed E-state index contributed by atoms with van der Waals surface area (Å²) < 4.78 is 13.2. The maximum absolute atomic E-state index is 13.2. The van der Waals surface area contributed by atoms with E-state index in [4.69, 9.17) is 11.6 Å². The smallest absolute Gasteiger partial charge is 0.244 e. The molecule has 0 aliphatic heterocycles. The van der Waals surface area contributed by atoms with Crippen LogP contribution in [0.2, 0.25) is 5.02 Å². The molecule has 0 saturated carbocycles. The molecule has 25 heavy (non-hydrogen) atoms. The van der Waals surface area contributed by atoms with Gasteiger partial charge in [-0.1, -0.05) is 23.7 Å². The summed E-state index contributed by atoms with van der Waals surface area (Å²) in [6, 6.07) is 10.2. The molecule has 0 heterocycles. The lowest BCUT2D eigenvalue weighted by molar-refractivity contribution is -0.120. The minimum absolute atomic E-state index is 0.115. The highest BCUT2D eigenvalue weighted by molar-refractivity contribution is 6.31. The van der Waals surface area contributed by atoms with Gasteiger partial charge in [-0.2, -0.15) is 0 Å². The van der Waals surface area contributed by atoms with E-state index in [1.54, 1.807) is 24.3 Å². The number of carbonyl (C=O) groups is 3. The Balaban J connectivity index is 2.17. The van der Waals surface area contributed by atoms with Gasteiger partial charge < -0.3 is 10.2 Å². The number of Topliss-reactive ketones (excluding diaryl/α,β-unsaturated/α-hetero) is 1. The van der Waals surface area contributed by atoms with Gasteiger partial charge in [0.05, 0.1) is 5.02 Å². The number of hydrogen-bond acceptors (Lipinski definition) is 3. The summed E-state index contributed by atoms with van der Waals surface area (Å²) in [5, 5.41) is 2.44. The second-order valence-corrected chi connectivity index (χ2v) is 5.80. The van der Waals surface area contributed by atoms with E-state index >= 15 is 0 Å². The molecule has 2 aromatic rings. The van der Waals surface area contributed by atoms with Crippen LogP contribution in [-0.2, 0) is 9.59 Å². The predicted octanol–water partition coefficient (Wildman–Crippen LogP) is 3.67. The third-order valence-corrected chi connectivity index (χ3v) is 3.74. The minimum Gasteiger partial charge on any atom is -0.324 e. The Bertz CT molecular complexity index is 839. The van der Waals surface area contributed by atoms with Crippen LogP contribution in [0.4, 0.5) is 15.8 Å². The van der Waals surface area contributed by atoms with Crippen molar-refractivity contribution in [1.29, 1.82) is 0 Å². The molecule has 0 aromatic heterocycles. The van der Waals surface area contributed by atoms with Crippen LogP contribution in [0, 0.1) is 5.82 Å². The molecule has 0 spiro atoms. The average molecular weight is 363 g/mol. The van der Waals surface area contributed by atoms with Gasteiger partial charge in [0.1, 0.15) is 12.4 Å². The fourth-order valence-electron chi connectivity index (χ4n) is 2.20. The number of amides is 2. The number of halogens is 2. The summed E-state index contributed by atoms with van der Waals surface area (Å²) in [6.07, 6.45) is 0. The summed E-state index contributed by atoms with van der Waals surface area (Å²) in [5.74, 6) is -1.57. The lowest BCUT2D eigenvalue weighted by Gasteiger charge is -2.21. The quantitative estimate of drug-likeness (QED) is 0.825. The zero-order valence-corrected chi connectivity index (χ0v) is 14.4. The first-order valence-corrected chi connectivity index (χ1v) is 7.79. The normalized spacial score (nSPS) is 10.2. The predicted molar refractivity (Wildman–Crippen MR) is 94.5 cm³/mol. The van der Waals surface area contributed by atoms with Crippen molar-refractivity contribution in [2.45, 2.75) is 13.8 Å². The molecule has 0 radical (unpaired) electrons. The molecule has 130 valence electrons. The Morgan fingerprint density at radius 2 is 1.84 bits per heavy atom. The Morgan fingerprint density at radius 1 is 1.12 bits per heavy atom. The molecule has 5 nitrogen and oxygen atoms in total. The highest BCUT2D eigenvalue weighted by Gasteiger charge is 2.17. The average Bonchev–Trinajstić information content (AvgIpc) is 2.56. The molecular weight excluding hydrogens is 347 g/mol. The van der Waals surface area contributed by atoms with Gasteiger partial charge in [-0.3, -0.25) is 14.4 Å². The number of anilines is 2. The van der Waals surface area contributed by atoms with Crippen molar-refractivity contribution >= 4 is 40.6 Å². The Kier molecular flexibility index (Phi) is 5.88. The van der Waals surface area contributed by atoms with Crippen LogP contribution in [0.1, 0.15) is 24.2 Å². The van der Waals surface area contributed by atoms with Gasteiger partial charge in [0.25, 0.3) is 0 Å². The van der Waals surface area contributed by atoms with Gasteiger partial charge >= 0.3 is 0 Å². The molecule has 0 aliphatic carbocycles. The van der Waals surface area contributed by atoms with E-state index in [-0.39, 0.29) is 23.3 Å². The highest BCUT2D eigenvalue weighted by Crippen LogP contribution is 2.20. The molecule has 0 atom stereocenters. The number of hydrogen-bond donors (Lipinski definition) is 1.